The summed E-state index contributed by atoms with van der Waals surface area (Å²) >= 11 is 5.91. The van der Waals surface area contributed by atoms with Crippen molar-refractivity contribution in [2.24, 2.45) is 0 Å². The summed E-state index contributed by atoms with van der Waals surface area (Å²) in [5.74, 6) is -0.458. The van der Waals surface area contributed by atoms with E-state index < -0.39 is 10.7 Å². The number of halogens is 2. The van der Waals surface area contributed by atoms with Crippen LogP contribution in [0.1, 0.15) is 11.1 Å². The van der Waals surface area contributed by atoms with E-state index in [0.29, 0.717) is 5.56 Å². The van der Waals surface area contributed by atoms with Gasteiger partial charge >= 0.3 is 0 Å². The predicted octanol–water partition coefficient (Wildman–Crippen LogP) is 4.31. The van der Waals surface area contributed by atoms with Crippen molar-refractivity contribution < 1.29 is 9.31 Å². The quantitative estimate of drug-likeness (QED) is 0.675. The average Bonchev–Trinajstić information content (AvgIpc) is 2.39. The molecule has 4 nitrogen and oxygen atoms in total. The molecule has 20 heavy (non-hydrogen) atoms. The number of anilines is 1. The van der Waals surface area contributed by atoms with Crippen molar-refractivity contribution in [1.29, 1.82) is 0 Å². The first-order valence-electron chi connectivity index (χ1n) is 5.91. The first kappa shape index (κ1) is 14.3. The van der Waals surface area contributed by atoms with Gasteiger partial charge in [-0.3, -0.25) is 10.1 Å². The topological polar surface area (TPSA) is 55.2 Å². The molecule has 0 aliphatic carbocycles. The van der Waals surface area contributed by atoms with E-state index in [-0.39, 0.29) is 22.9 Å². The first-order chi connectivity index (χ1) is 9.50. The largest absolute Gasteiger partial charge is 0.377 e. The number of hydrogen-bond acceptors (Lipinski definition) is 3. The van der Waals surface area contributed by atoms with Gasteiger partial charge in [0.25, 0.3) is 5.69 Å². The number of nitrogens with one attached hydrogen (secondary N) is 1. The molecule has 2 rings (SSSR count). The van der Waals surface area contributed by atoms with Crippen molar-refractivity contribution in [2.45, 2.75) is 13.5 Å². The van der Waals surface area contributed by atoms with E-state index in [2.05, 4.69) is 5.32 Å². The zero-order chi connectivity index (χ0) is 14.7. The third-order valence-electron chi connectivity index (χ3n) is 3.03. The van der Waals surface area contributed by atoms with E-state index in [1.807, 2.05) is 0 Å². The van der Waals surface area contributed by atoms with E-state index in [1.54, 1.807) is 25.1 Å². The lowest BCUT2D eigenvalue weighted by Crippen LogP contribution is -2.05. The van der Waals surface area contributed by atoms with Gasteiger partial charge in [0.15, 0.2) is 0 Å². The summed E-state index contributed by atoms with van der Waals surface area (Å²) in [5.41, 5.74) is 1.51. The van der Waals surface area contributed by atoms with E-state index in [0.717, 1.165) is 5.56 Å². The van der Waals surface area contributed by atoms with Crippen molar-refractivity contribution in [2.75, 3.05) is 5.32 Å². The molecule has 104 valence electrons. The highest BCUT2D eigenvalue weighted by Gasteiger charge is 2.13. The molecule has 0 heterocycles. The Balaban J connectivity index is 2.24. The maximum absolute atomic E-state index is 13.6. The molecule has 0 bridgehead atoms. The molecule has 0 atom stereocenters. The minimum atomic E-state index is -0.458. The highest BCUT2D eigenvalue weighted by molar-refractivity contribution is 6.33. The molecule has 0 unspecified atom stereocenters. The van der Waals surface area contributed by atoms with Crippen molar-refractivity contribution in [3.8, 4) is 0 Å². The maximum Gasteiger partial charge on any atom is 0.272 e. The average molecular weight is 295 g/mol. The highest BCUT2D eigenvalue weighted by atomic mass is 35.5. The van der Waals surface area contributed by atoms with Crippen LogP contribution in [0, 0.1) is 22.9 Å². The number of para-hydroxylation sites is 1. The number of nitro benzene ring substituents is 1. The molecule has 0 saturated heterocycles. The minimum absolute atomic E-state index is 0.0453. The number of hydrogen-bond donors (Lipinski definition) is 1. The second kappa shape index (κ2) is 5.88. The summed E-state index contributed by atoms with van der Waals surface area (Å²) in [5, 5.41) is 14.0. The Labute approximate surface area is 120 Å². The fourth-order valence-electron chi connectivity index (χ4n) is 1.91. The van der Waals surface area contributed by atoms with Crippen LogP contribution in [0.4, 0.5) is 15.8 Å². The smallest absolute Gasteiger partial charge is 0.272 e. The van der Waals surface area contributed by atoms with E-state index in [9.17, 15) is 14.5 Å². The Morgan fingerprint density at radius 2 is 2.00 bits per heavy atom. The molecule has 6 heteroatoms. The number of benzene rings is 2. The lowest BCUT2D eigenvalue weighted by Gasteiger charge is -2.11. The minimum Gasteiger partial charge on any atom is -0.377 e. The van der Waals surface area contributed by atoms with Gasteiger partial charge in [0.1, 0.15) is 5.82 Å². The Morgan fingerprint density at radius 3 is 2.65 bits per heavy atom. The van der Waals surface area contributed by atoms with Gasteiger partial charge < -0.3 is 5.32 Å². The number of nitro groups is 1. The molecule has 0 fully saturated rings. The predicted molar refractivity (Wildman–Crippen MR) is 76.6 cm³/mol. The van der Waals surface area contributed by atoms with E-state index in [1.165, 1.54) is 18.2 Å². The summed E-state index contributed by atoms with van der Waals surface area (Å²) < 4.78 is 13.6. The standard InChI is InChI=1S/C14H12ClFN2O2/c1-9-10(4-2-7-13(9)18(19)20)8-17-14-11(15)5-3-6-12(14)16/h2-7,17H,8H2,1H3. The number of nitrogens with zero attached hydrogens (tertiary/aromatic N) is 1. The normalized spacial score (nSPS) is 10.3. The molecular formula is C14H12ClFN2O2. The zero-order valence-electron chi connectivity index (χ0n) is 10.7. The van der Waals surface area contributed by atoms with Gasteiger partial charge in [0.2, 0.25) is 0 Å². The molecule has 2 aromatic rings. The molecule has 2 aromatic carbocycles. The van der Waals surface area contributed by atoms with E-state index in [4.69, 9.17) is 11.6 Å². The van der Waals surface area contributed by atoms with Gasteiger partial charge in [-0.25, -0.2) is 4.39 Å². The van der Waals surface area contributed by atoms with Gasteiger partial charge in [0, 0.05) is 18.2 Å². The van der Waals surface area contributed by atoms with Gasteiger partial charge in [-0.05, 0) is 24.6 Å². The fraction of sp³-hybridized carbons (Fsp3) is 0.143. The van der Waals surface area contributed by atoms with Crippen LogP contribution in [0.25, 0.3) is 0 Å². The second-order valence-electron chi connectivity index (χ2n) is 4.27. The van der Waals surface area contributed by atoms with Crippen molar-refractivity contribution in [3.05, 3.63) is 68.5 Å². The van der Waals surface area contributed by atoms with Gasteiger partial charge in [0.05, 0.1) is 15.6 Å². The third-order valence-corrected chi connectivity index (χ3v) is 3.35. The molecule has 0 aliphatic heterocycles. The van der Waals surface area contributed by atoms with E-state index >= 15 is 0 Å². The molecule has 0 aliphatic rings. The van der Waals surface area contributed by atoms with Crippen LogP contribution in [0.2, 0.25) is 5.02 Å². The Kier molecular flexibility index (Phi) is 4.20. The molecule has 0 amide bonds. The Hall–Kier alpha value is -2.14. The maximum atomic E-state index is 13.6. The van der Waals surface area contributed by atoms with Crippen LogP contribution >= 0.6 is 11.6 Å². The summed E-state index contributed by atoms with van der Waals surface area (Å²) in [6.45, 7) is 1.92. The molecule has 0 aromatic heterocycles. The fourth-order valence-corrected chi connectivity index (χ4v) is 2.14. The SMILES string of the molecule is Cc1c(CNc2c(F)cccc2Cl)cccc1[N+](=O)[O-]. The molecule has 1 N–H and O–H groups in total. The van der Waals surface area contributed by atoms with Crippen LogP contribution < -0.4 is 5.32 Å². The van der Waals surface area contributed by atoms with Crippen LogP contribution in [0.15, 0.2) is 36.4 Å². The lowest BCUT2D eigenvalue weighted by molar-refractivity contribution is -0.385. The van der Waals surface area contributed by atoms with Gasteiger partial charge in [-0.1, -0.05) is 29.8 Å². The zero-order valence-corrected chi connectivity index (χ0v) is 11.4. The Bertz CT molecular complexity index is 641. The van der Waals surface area contributed by atoms with Crippen LogP contribution in [0.5, 0.6) is 0 Å². The number of rotatable bonds is 4. The second-order valence-corrected chi connectivity index (χ2v) is 4.68. The van der Waals surface area contributed by atoms with Crippen molar-refractivity contribution in [3.63, 3.8) is 0 Å². The summed E-state index contributed by atoms with van der Waals surface area (Å²) in [4.78, 5) is 10.4. The molecule has 0 radical (unpaired) electrons. The van der Waals surface area contributed by atoms with Crippen LogP contribution in [-0.2, 0) is 6.54 Å². The lowest BCUT2D eigenvalue weighted by atomic mass is 10.1. The summed E-state index contributed by atoms with van der Waals surface area (Å²) in [7, 11) is 0. The first-order valence-corrected chi connectivity index (χ1v) is 6.29. The van der Waals surface area contributed by atoms with Crippen LogP contribution in [0.3, 0.4) is 0 Å². The monoisotopic (exact) mass is 294 g/mol. The summed E-state index contributed by atoms with van der Waals surface area (Å²) in [6.07, 6.45) is 0. The molecule has 0 spiro atoms. The summed E-state index contributed by atoms with van der Waals surface area (Å²) in [6, 6.07) is 9.19. The van der Waals surface area contributed by atoms with Gasteiger partial charge in [-0.15, -0.1) is 0 Å². The third kappa shape index (κ3) is 2.88. The highest BCUT2D eigenvalue weighted by Crippen LogP contribution is 2.27. The Morgan fingerprint density at radius 1 is 1.30 bits per heavy atom. The van der Waals surface area contributed by atoms with Crippen molar-refractivity contribution in [1.82, 2.24) is 0 Å². The molecule has 0 saturated carbocycles. The molecular weight excluding hydrogens is 283 g/mol. The van der Waals surface area contributed by atoms with Gasteiger partial charge in [-0.2, -0.15) is 0 Å². The van der Waals surface area contributed by atoms with Crippen molar-refractivity contribution >= 4 is 23.0 Å². The van der Waals surface area contributed by atoms with Crippen LogP contribution in [-0.4, -0.2) is 4.92 Å².